The maximum absolute atomic E-state index is 13.6. The summed E-state index contributed by atoms with van der Waals surface area (Å²) in [6.07, 6.45) is 6.10. The summed E-state index contributed by atoms with van der Waals surface area (Å²) in [4.78, 5) is 18.0. The maximum Gasteiger partial charge on any atom is 0.177 e. The summed E-state index contributed by atoms with van der Waals surface area (Å²) in [5, 5.41) is 11.5. The summed E-state index contributed by atoms with van der Waals surface area (Å²) < 4.78 is 13.6. The molecule has 0 spiro atoms. The Bertz CT molecular complexity index is 1710. The molecular weight excluding hydrogens is 461 g/mol. The lowest BCUT2D eigenvalue weighted by molar-refractivity contribution is 0.657. The highest BCUT2D eigenvalue weighted by Crippen LogP contribution is 2.35. The highest BCUT2D eigenvalue weighted by atomic mass is 32.1. The SMILES string of the molecule is C=C(CC)Nc1cncc(-c2ccc3[nH]nc(-c4cc5c(-c6ccc(F)s6)nccc5[nH]4)c3n2)c1. The van der Waals surface area contributed by atoms with Crippen molar-refractivity contribution in [3.05, 3.63) is 78.5 Å². The summed E-state index contributed by atoms with van der Waals surface area (Å²) in [7, 11) is 0. The van der Waals surface area contributed by atoms with Crippen molar-refractivity contribution in [2.45, 2.75) is 13.3 Å². The molecule has 0 aliphatic rings. The number of hydrogen-bond acceptors (Lipinski definition) is 6. The van der Waals surface area contributed by atoms with Crippen LogP contribution in [0.4, 0.5) is 10.1 Å². The monoisotopic (exact) mass is 481 g/mol. The number of anilines is 1. The highest BCUT2D eigenvalue weighted by Gasteiger charge is 2.17. The Morgan fingerprint density at radius 2 is 2.00 bits per heavy atom. The lowest BCUT2D eigenvalue weighted by Gasteiger charge is -2.08. The number of nitrogens with zero attached hydrogens (tertiary/aromatic N) is 4. The number of aromatic nitrogens is 6. The predicted octanol–water partition coefficient (Wildman–Crippen LogP) is 6.77. The number of allylic oxidation sites excluding steroid dienone is 1. The van der Waals surface area contributed by atoms with Crippen LogP contribution in [0.25, 0.3) is 55.2 Å². The van der Waals surface area contributed by atoms with Gasteiger partial charge in [0.2, 0.25) is 0 Å². The van der Waals surface area contributed by atoms with Crippen LogP contribution >= 0.6 is 11.3 Å². The second-order valence-corrected chi connectivity index (χ2v) is 9.15. The second-order valence-electron chi connectivity index (χ2n) is 8.12. The van der Waals surface area contributed by atoms with E-state index in [1.165, 1.54) is 6.07 Å². The fourth-order valence-corrected chi connectivity index (χ4v) is 4.75. The van der Waals surface area contributed by atoms with Crippen molar-refractivity contribution >= 4 is 39.0 Å². The molecule has 6 heterocycles. The van der Waals surface area contributed by atoms with Gasteiger partial charge in [-0.3, -0.25) is 15.1 Å². The molecule has 6 rings (SSSR count). The zero-order valence-corrected chi connectivity index (χ0v) is 19.6. The molecule has 0 fully saturated rings. The lowest BCUT2D eigenvalue weighted by atomic mass is 10.1. The second kappa shape index (κ2) is 8.44. The molecule has 9 heteroatoms. The molecule has 0 aliphatic carbocycles. The molecule has 6 aromatic rings. The molecule has 0 radical (unpaired) electrons. The van der Waals surface area contributed by atoms with Gasteiger partial charge >= 0.3 is 0 Å². The molecule has 0 atom stereocenters. The Morgan fingerprint density at radius 3 is 2.83 bits per heavy atom. The van der Waals surface area contributed by atoms with Gasteiger partial charge in [-0.05, 0) is 48.9 Å². The first-order valence-corrected chi connectivity index (χ1v) is 11.9. The van der Waals surface area contributed by atoms with E-state index in [4.69, 9.17) is 4.98 Å². The van der Waals surface area contributed by atoms with Gasteiger partial charge in [0.25, 0.3) is 0 Å². The van der Waals surface area contributed by atoms with Gasteiger partial charge in [-0.15, -0.1) is 11.3 Å². The fourth-order valence-electron chi connectivity index (χ4n) is 4.01. The zero-order valence-electron chi connectivity index (χ0n) is 18.8. The van der Waals surface area contributed by atoms with Crippen LogP contribution < -0.4 is 5.32 Å². The number of aromatic amines is 2. The molecule has 0 saturated carbocycles. The van der Waals surface area contributed by atoms with Gasteiger partial charge in [0.1, 0.15) is 11.2 Å². The van der Waals surface area contributed by atoms with Crippen molar-refractivity contribution in [3.63, 3.8) is 0 Å². The minimum absolute atomic E-state index is 0.239. The Hall–Kier alpha value is -4.37. The van der Waals surface area contributed by atoms with E-state index in [0.717, 1.165) is 78.6 Å². The largest absolute Gasteiger partial charge is 0.358 e. The first kappa shape index (κ1) is 21.2. The van der Waals surface area contributed by atoms with Gasteiger partial charge < -0.3 is 10.3 Å². The van der Waals surface area contributed by atoms with Gasteiger partial charge in [0, 0.05) is 34.6 Å². The summed E-state index contributed by atoms with van der Waals surface area (Å²) in [5.41, 5.74) is 8.14. The van der Waals surface area contributed by atoms with E-state index < -0.39 is 0 Å². The number of hydrogen-bond donors (Lipinski definition) is 3. The third kappa shape index (κ3) is 3.85. The van der Waals surface area contributed by atoms with E-state index in [9.17, 15) is 4.39 Å². The van der Waals surface area contributed by atoms with Gasteiger partial charge in [-0.2, -0.15) is 9.49 Å². The fraction of sp³-hybridized carbons (Fsp3) is 0.0769. The average Bonchev–Trinajstić information content (AvgIpc) is 3.61. The van der Waals surface area contributed by atoms with Crippen LogP contribution in [0.5, 0.6) is 0 Å². The summed E-state index contributed by atoms with van der Waals surface area (Å²) in [6.45, 7) is 6.05. The molecule has 7 nitrogen and oxygen atoms in total. The normalized spacial score (nSPS) is 11.4. The minimum atomic E-state index is -0.239. The third-order valence-electron chi connectivity index (χ3n) is 5.80. The zero-order chi connectivity index (χ0) is 23.9. The number of fused-ring (bicyclic) bond motifs is 2. The van der Waals surface area contributed by atoms with E-state index in [2.05, 4.69) is 37.0 Å². The molecule has 0 unspecified atom stereocenters. The third-order valence-corrected chi connectivity index (χ3v) is 6.68. The molecule has 0 amide bonds. The first-order chi connectivity index (χ1) is 17.1. The van der Waals surface area contributed by atoms with Crippen molar-refractivity contribution in [1.82, 2.24) is 30.1 Å². The smallest absolute Gasteiger partial charge is 0.177 e. The molecule has 6 aromatic heterocycles. The summed E-state index contributed by atoms with van der Waals surface area (Å²) in [5.74, 6) is 0. The standard InChI is InChI=1S/C26H20FN7S/c1-3-14(2)30-16-10-15(12-28-13-16)18-4-5-20-25(32-18)26(34-33-20)21-11-17-19(31-21)8-9-29-24(17)22-6-7-23(27)35-22/h4-13,30-31H,2-3H2,1H3,(H,33,34). The van der Waals surface area contributed by atoms with Crippen molar-refractivity contribution in [3.8, 4) is 33.2 Å². The topological polar surface area (TPSA) is 95.2 Å². The summed E-state index contributed by atoms with van der Waals surface area (Å²) in [6, 6.07) is 13.0. The van der Waals surface area contributed by atoms with E-state index in [1.807, 2.05) is 37.3 Å². The van der Waals surface area contributed by atoms with E-state index >= 15 is 0 Å². The van der Waals surface area contributed by atoms with E-state index in [0.29, 0.717) is 5.69 Å². The van der Waals surface area contributed by atoms with Crippen molar-refractivity contribution in [1.29, 1.82) is 0 Å². The van der Waals surface area contributed by atoms with Gasteiger partial charge in [0.05, 0.1) is 39.4 Å². The number of rotatable bonds is 6. The molecule has 0 aromatic carbocycles. The highest BCUT2D eigenvalue weighted by molar-refractivity contribution is 7.13. The van der Waals surface area contributed by atoms with Crippen molar-refractivity contribution < 1.29 is 4.39 Å². The molecule has 35 heavy (non-hydrogen) atoms. The van der Waals surface area contributed by atoms with Gasteiger partial charge in [-0.1, -0.05) is 13.5 Å². The van der Waals surface area contributed by atoms with Crippen LogP contribution in [-0.4, -0.2) is 30.1 Å². The number of pyridine rings is 3. The predicted molar refractivity (Wildman–Crippen MR) is 139 cm³/mol. The van der Waals surface area contributed by atoms with Gasteiger partial charge in [-0.25, -0.2) is 4.98 Å². The Kier molecular flexibility index (Phi) is 5.11. The molecular formula is C26H20FN7S. The van der Waals surface area contributed by atoms with Crippen molar-refractivity contribution in [2.24, 2.45) is 0 Å². The number of halogens is 1. The lowest BCUT2D eigenvalue weighted by Crippen LogP contribution is -1.97. The number of nitrogens with one attached hydrogen (secondary N) is 3. The van der Waals surface area contributed by atoms with Crippen LogP contribution in [0.2, 0.25) is 0 Å². The van der Waals surface area contributed by atoms with Gasteiger partial charge in [0.15, 0.2) is 5.13 Å². The Morgan fingerprint density at radius 1 is 1.09 bits per heavy atom. The van der Waals surface area contributed by atoms with Crippen LogP contribution in [0.3, 0.4) is 0 Å². The molecule has 0 bridgehead atoms. The van der Waals surface area contributed by atoms with Crippen LogP contribution in [-0.2, 0) is 0 Å². The Labute approximate surface area is 203 Å². The molecule has 172 valence electrons. The number of thiophene rings is 1. The van der Waals surface area contributed by atoms with Crippen LogP contribution in [0, 0.1) is 5.13 Å². The molecule has 0 saturated heterocycles. The quantitative estimate of drug-likeness (QED) is 0.244. The molecule has 0 aliphatic heterocycles. The number of H-pyrrole nitrogens is 2. The average molecular weight is 482 g/mol. The molecule has 3 N–H and O–H groups in total. The maximum atomic E-state index is 13.6. The Balaban J connectivity index is 1.43. The van der Waals surface area contributed by atoms with E-state index in [1.54, 1.807) is 24.7 Å². The summed E-state index contributed by atoms with van der Waals surface area (Å²) >= 11 is 1.08. The van der Waals surface area contributed by atoms with Crippen LogP contribution in [0.15, 0.2) is 73.3 Å². The minimum Gasteiger partial charge on any atom is -0.358 e. The first-order valence-electron chi connectivity index (χ1n) is 11.1. The van der Waals surface area contributed by atoms with Crippen LogP contribution in [0.1, 0.15) is 13.3 Å². The van der Waals surface area contributed by atoms with E-state index in [-0.39, 0.29) is 5.13 Å². The van der Waals surface area contributed by atoms with Crippen molar-refractivity contribution in [2.75, 3.05) is 5.32 Å².